The van der Waals surface area contributed by atoms with E-state index in [4.69, 9.17) is 9.47 Å². The molecule has 2 aliphatic rings. The van der Waals surface area contributed by atoms with E-state index in [0.29, 0.717) is 19.6 Å². The maximum atomic E-state index is 11.5. The second-order valence-corrected chi connectivity index (χ2v) is 4.55. The number of rotatable bonds is 1. The Morgan fingerprint density at radius 1 is 1.44 bits per heavy atom. The zero-order valence-corrected chi connectivity index (χ0v) is 10.3. The summed E-state index contributed by atoms with van der Waals surface area (Å²) in [6.45, 7) is 2.19. The molecule has 0 fully saturated rings. The minimum Gasteiger partial charge on any atom is -0.490 e. The number of esters is 1. The molecular weight excluding hydrogens is 232 g/mol. The van der Waals surface area contributed by atoms with Crippen molar-refractivity contribution in [2.24, 2.45) is 0 Å². The lowest BCUT2D eigenvalue weighted by molar-refractivity contribution is -0.143. The van der Waals surface area contributed by atoms with Crippen LogP contribution in [0.2, 0.25) is 0 Å². The van der Waals surface area contributed by atoms with Gasteiger partial charge in [0.1, 0.15) is 18.4 Å². The van der Waals surface area contributed by atoms with Crippen LogP contribution in [-0.4, -0.2) is 32.3 Å². The molecule has 2 aliphatic heterocycles. The fourth-order valence-electron chi connectivity index (χ4n) is 2.46. The third-order valence-electron chi connectivity index (χ3n) is 3.43. The van der Waals surface area contributed by atoms with Crippen LogP contribution in [0.1, 0.15) is 11.1 Å². The van der Waals surface area contributed by atoms with Crippen LogP contribution in [0.25, 0.3) is 0 Å². The van der Waals surface area contributed by atoms with Crippen molar-refractivity contribution in [2.75, 3.05) is 25.6 Å². The number of nitrogens with one attached hydrogen (secondary N) is 2. The lowest BCUT2D eigenvalue weighted by atomic mass is 9.94. The molecule has 0 aromatic heterocycles. The highest BCUT2D eigenvalue weighted by Crippen LogP contribution is 2.32. The molecule has 96 valence electrons. The molecule has 0 aliphatic carbocycles. The summed E-state index contributed by atoms with van der Waals surface area (Å²) in [5.74, 6) is 0.695. The molecule has 18 heavy (non-hydrogen) atoms. The fraction of sp³-hybridized carbons (Fsp3) is 0.462. The average molecular weight is 248 g/mol. The summed E-state index contributed by atoms with van der Waals surface area (Å²) < 4.78 is 10.4. The number of hydrogen-bond acceptors (Lipinski definition) is 5. The van der Waals surface area contributed by atoms with Gasteiger partial charge >= 0.3 is 5.97 Å². The minimum absolute atomic E-state index is 0.206. The van der Waals surface area contributed by atoms with Crippen LogP contribution in [0.5, 0.6) is 5.75 Å². The molecule has 0 spiro atoms. The van der Waals surface area contributed by atoms with E-state index in [0.717, 1.165) is 18.0 Å². The Bertz CT molecular complexity index is 487. The summed E-state index contributed by atoms with van der Waals surface area (Å²) in [7, 11) is 1.42. The number of fused-ring (bicyclic) bond motifs is 2. The predicted molar refractivity (Wildman–Crippen MR) is 66.8 cm³/mol. The normalized spacial score (nSPS) is 21.1. The zero-order valence-electron chi connectivity index (χ0n) is 10.3. The molecule has 1 atom stereocenters. The summed E-state index contributed by atoms with van der Waals surface area (Å²) in [6, 6.07) is 3.89. The van der Waals surface area contributed by atoms with Gasteiger partial charge in [0.2, 0.25) is 0 Å². The summed E-state index contributed by atoms with van der Waals surface area (Å²) in [6.07, 6.45) is 0.664. The number of benzene rings is 1. The van der Waals surface area contributed by atoms with E-state index in [9.17, 15) is 4.79 Å². The van der Waals surface area contributed by atoms with Crippen molar-refractivity contribution in [1.29, 1.82) is 0 Å². The van der Waals surface area contributed by atoms with Crippen molar-refractivity contribution in [2.45, 2.75) is 19.0 Å². The number of anilines is 1. The van der Waals surface area contributed by atoms with Crippen LogP contribution in [0.3, 0.4) is 0 Å². The molecule has 5 nitrogen and oxygen atoms in total. The SMILES string of the molecule is COC(=O)C1Cc2cc3c(cc2CN1)OCCN3. The molecule has 5 heteroatoms. The summed E-state index contributed by atoms with van der Waals surface area (Å²) in [5, 5.41) is 6.49. The second kappa shape index (κ2) is 4.49. The highest BCUT2D eigenvalue weighted by Gasteiger charge is 2.26. The first-order chi connectivity index (χ1) is 8.78. The quantitative estimate of drug-likeness (QED) is 0.716. The van der Waals surface area contributed by atoms with Gasteiger partial charge in [-0.05, 0) is 29.7 Å². The molecule has 2 heterocycles. The molecule has 3 rings (SSSR count). The smallest absolute Gasteiger partial charge is 0.323 e. The van der Waals surface area contributed by atoms with Crippen molar-refractivity contribution in [3.05, 3.63) is 23.3 Å². The Morgan fingerprint density at radius 3 is 3.17 bits per heavy atom. The van der Waals surface area contributed by atoms with Gasteiger partial charge in [-0.25, -0.2) is 0 Å². The molecule has 2 N–H and O–H groups in total. The average Bonchev–Trinajstić information content (AvgIpc) is 2.43. The highest BCUT2D eigenvalue weighted by atomic mass is 16.5. The van der Waals surface area contributed by atoms with Crippen molar-refractivity contribution in [3.8, 4) is 5.75 Å². The highest BCUT2D eigenvalue weighted by molar-refractivity contribution is 5.77. The van der Waals surface area contributed by atoms with Crippen molar-refractivity contribution >= 4 is 11.7 Å². The van der Waals surface area contributed by atoms with Crippen LogP contribution < -0.4 is 15.4 Å². The standard InChI is InChI=1S/C13H16N2O3/c1-17-13(16)11-5-8-4-10-12(18-3-2-14-10)6-9(8)7-15-11/h4,6,11,14-15H,2-3,5,7H2,1H3. The lowest BCUT2D eigenvalue weighted by Gasteiger charge is -2.27. The van der Waals surface area contributed by atoms with E-state index in [1.807, 2.05) is 0 Å². The Morgan fingerprint density at radius 2 is 2.33 bits per heavy atom. The monoisotopic (exact) mass is 248 g/mol. The Balaban J connectivity index is 1.89. The van der Waals surface area contributed by atoms with Gasteiger partial charge in [0, 0.05) is 13.1 Å². The van der Waals surface area contributed by atoms with Gasteiger partial charge < -0.3 is 20.1 Å². The summed E-state index contributed by atoms with van der Waals surface area (Å²) in [4.78, 5) is 11.5. The Kier molecular flexibility index (Phi) is 2.83. The predicted octanol–water partition coefficient (Wildman–Crippen LogP) is 0.678. The van der Waals surface area contributed by atoms with Gasteiger partial charge in [-0.1, -0.05) is 0 Å². The van der Waals surface area contributed by atoms with E-state index < -0.39 is 0 Å². The van der Waals surface area contributed by atoms with Crippen LogP contribution in [0.4, 0.5) is 5.69 Å². The third kappa shape index (κ3) is 1.90. The van der Waals surface area contributed by atoms with E-state index in [2.05, 4.69) is 22.8 Å². The van der Waals surface area contributed by atoms with Gasteiger partial charge in [0.25, 0.3) is 0 Å². The van der Waals surface area contributed by atoms with Gasteiger partial charge in [-0.2, -0.15) is 0 Å². The van der Waals surface area contributed by atoms with Gasteiger partial charge in [-0.15, -0.1) is 0 Å². The van der Waals surface area contributed by atoms with Gasteiger partial charge in [-0.3, -0.25) is 4.79 Å². The topological polar surface area (TPSA) is 59.6 Å². The number of methoxy groups -OCH3 is 1. The molecule has 0 saturated carbocycles. The number of carbonyl (C=O) groups excluding carboxylic acids is 1. The molecule has 0 amide bonds. The van der Waals surface area contributed by atoms with Crippen LogP contribution in [0.15, 0.2) is 12.1 Å². The third-order valence-corrected chi connectivity index (χ3v) is 3.43. The maximum absolute atomic E-state index is 11.5. The zero-order chi connectivity index (χ0) is 12.5. The number of hydrogen-bond donors (Lipinski definition) is 2. The molecule has 0 radical (unpaired) electrons. The minimum atomic E-state index is -0.245. The van der Waals surface area contributed by atoms with E-state index in [1.54, 1.807) is 0 Å². The first kappa shape index (κ1) is 11.3. The molecule has 1 aromatic rings. The van der Waals surface area contributed by atoms with Crippen LogP contribution in [-0.2, 0) is 22.5 Å². The lowest BCUT2D eigenvalue weighted by Crippen LogP contribution is -2.42. The summed E-state index contributed by atoms with van der Waals surface area (Å²) in [5.41, 5.74) is 3.39. The molecule has 1 aromatic carbocycles. The van der Waals surface area contributed by atoms with Crippen molar-refractivity contribution in [3.63, 3.8) is 0 Å². The fourth-order valence-corrected chi connectivity index (χ4v) is 2.46. The van der Waals surface area contributed by atoms with Gasteiger partial charge in [0.05, 0.1) is 12.8 Å². The molecular formula is C13H16N2O3. The Hall–Kier alpha value is -1.75. The Labute approximate surface area is 105 Å². The van der Waals surface area contributed by atoms with Crippen LogP contribution in [0, 0.1) is 0 Å². The van der Waals surface area contributed by atoms with E-state index in [-0.39, 0.29) is 12.0 Å². The van der Waals surface area contributed by atoms with E-state index in [1.165, 1.54) is 18.2 Å². The second-order valence-electron chi connectivity index (χ2n) is 4.55. The molecule has 0 saturated heterocycles. The van der Waals surface area contributed by atoms with Crippen LogP contribution >= 0.6 is 0 Å². The largest absolute Gasteiger partial charge is 0.490 e. The number of ether oxygens (including phenoxy) is 2. The molecule has 0 bridgehead atoms. The first-order valence-corrected chi connectivity index (χ1v) is 6.11. The number of carbonyl (C=O) groups is 1. The summed E-state index contributed by atoms with van der Waals surface area (Å²) >= 11 is 0. The van der Waals surface area contributed by atoms with Crippen molar-refractivity contribution in [1.82, 2.24) is 5.32 Å². The molecule has 1 unspecified atom stereocenters. The maximum Gasteiger partial charge on any atom is 0.323 e. The van der Waals surface area contributed by atoms with Crippen molar-refractivity contribution < 1.29 is 14.3 Å². The van der Waals surface area contributed by atoms with Gasteiger partial charge in [0.15, 0.2) is 0 Å². The first-order valence-electron chi connectivity index (χ1n) is 6.11. The van der Waals surface area contributed by atoms with E-state index >= 15 is 0 Å².